The highest BCUT2D eigenvalue weighted by Gasteiger charge is 2.15. The van der Waals surface area contributed by atoms with E-state index in [-0.39, 0.29) is 16.2 Å². The van der Waals surface area contributed by atoms with Crippen molar-refractivity contribution in [2.24, 2.45) is 5.14 Å². The Kier molecular flexibility index (Phi) is 2.98. The Morgan fingerprint density at radius 3 is 2.47 bits per heavy atom. The maximum Gasteiger partial charge on any atom is 0.238 e. The number of nitrogens with two attached hydrogens (primary N) is 1. The molecule has 2 N–H and O–H groups in total. The van der Waals surface area contributed by atoms with Gasteiger partial charge in [0.2, 0.25) is 10.0 Å². The predicted molar refractivity (Wildman–Crippen MR) is 53.8 cm³/mol. The first-order valence-corrected chi connectivity index (χ1v) is 5.56. The van der Waals surface area contributed by atoms with Crippen molar-refractivity contribution in [3.63, 3.8) is 0 Å². The van der Waals surface area contributed by atoms with E-state index in [1.54, 1.807) is 6.92 Å². The Labute approximate surface area is 88.1 Å². The summed E-state index contributed by atoms with van der Waals surface area (Å²) in [5.41, 5.74) is 0.706. The van der Waals surface area contributed by atoms with E-state index in [0.29, 0.717) is 5.56 Å². The van der Waals surface area contributed by atoms with E-state index >= 15 is 0 Å². The molecule has 0 heterocycles. The molecule has 0 bridgehead atoms. The average molecular weight is 226 g/mol. The third kappa shape index (κ3) is 2.26. The van der Waals surface area contributed by atoms with Gasteiger partial charge in [-0.2, -0.15) is 5.26 Å². The van der Waals surface area contributed by atoms with Gasteiger partial charge >= 0.3 is 0 Å². The predicted octanol–water partition coefficient (Wildman–Crippen LogP) is 0.523. The smallest absolute Gasteiger partial charge is 0.238 e. The SMILES string of the molecule is COc1cc(S(N)(=O)=O)c(C)cc1C#N. The van der Waals surface area contributed by atoms with Gasteiger partial charge in [-0.1, -0.05) is 0 Å². The van der Waals surface area contributed by atoms with Crippen LogP contribution in [0.1, 0.15) is 11.1 Å². The molecule has 0 amide bonds. The highest BCUT2D eigenvalue weighted by Crippen LogP contribution is 2.24. The van der Waals surface area contributed by atoms with Gasteiger partial charge in [-0.05, 0) is 18.6 Å². The summed E-state index contributed by atoms with van der Waals surface area (Å²) in [5.74, 6) is 0.201. The van der Waals surface area contributed by atoms with Crippen LogP contribution in [-0.4, -0.2) is 15.5 Å². The number of primary sulfonamides is 1. The zero-order valence-corrected chi connectivity index (χ0v) is 9.13. The van der Waals surface area contributed by atoms with E-state index in [2.05, 4.69) is 0 Å². The molecule has 80 valence electrons. The molecule has 0 aromatic heterocycles. The van der Waals surface area contributed by atoms with E-state index < -0.39 is 10.0 Å². The maximum absolute atomic E-state index is 11.2. The van der Waals surface area contributed by atoms with Crippen LogP contribution < -0.4 is 9.88 Å². The molecule has 0 unspecified atom stereocenters. The number of benzene rings is 1. The van der Waals surface area contributed by atoms with Crippen LogP contribution in [0.4, 0.5) is 0 Å². The maximum atomic E-state index is 11.2. The van der Waals surface area contributed by atoms with Gasteiger partial charge in [-0.25, -0.2) is 13.6 Å². The van der Waals surface area contributed by atoms with Crippen molar-refractivity contribution in [3.8, 4) is 11.8 Å². The fourth-order valence-electron chi connectivity index (χ4n) is 1.23. The van der Waals surface area contributed by atoms with Crippen LogP contribution in [0.25, 0.3) is 0 Å². The lowest BCUT2D eigenvalue weighted by Crippen LogP contribution is -2.14. The molecule has 0 radical (unpaired) electrons. The summed E-state index contributed by atoms with van der Waals surface area (Å²) in [4.78, 5) is -0.0293. The largest absolute Gasteiger partial charge is 0.495 e. The Morgan fingerprint density at radius 2 is 2.07 bits per heavy atom. The summed E-state index contributed by atoms with van der Waals surface area (Å²) in [6.07, 6.45) is 0. The molecule has 6 heteroatoms. The molecule has 0 aliphatic heterocycles. The third-order valence-corrected chi connectivity index (χ3v) is 2.98. The second-order valence-electron chi connectivity index (χ2n) is 2.97. The van der Waals surface area contributed by atoms with Crippen LogP contribution in [0.5, 0.6) is 5.75 Å². The molecule has 0 saturated carbocycles. The quantitative estimate of drug-likeness (QED) is 0.795. The number of hydrogen-bond acceptors (Lipinski definition) is 4. The van der Waals surface area contributed by atoms with Crippen molar-refractivity contribution in [2.45, 2.75) is 11.8 Å². The molecule has 0 spiro atoms. The fraction of sp³-hybridized carbons (Fsp3) is 0.222. The Morgan fingerprint density at radius 1 is 1.47 bits per heavy atom. The molecular weight excluding hydrogens is 216 g/mol. The van der Waals surface area contributed by atoms with Crippen LogP contribution in [0.2, 0.25) is 0 Å². The molecule has 0 aliphatic carbocycles. The zero-order chi connectivity index (χ0) is 11.6. The number of nitriles is 1. The molecule has 1 aromatic rings. The van der Waals surface area contributed by atoms with Crippen LogP contribution in [-0.2, 0) is 10.0 Å². The van der Waals surface area contributed by atoms with E-state index in [0.717, 1.165) is 0 Å². The lowest BCUT2D eigenvalue weighted by atomic mass is 10.1. The van der Waals surface area contributed by atoms with Gasteiger partial charge in [-0.3, -0.25) is 0 Å². The summed E-state index contributed by atoms with van der Waals surface area (Å²) in [6.45, 7) is 1.57. The van der Waals surface area contributed by atoms with Crippen molar-refractivity contribution in [1.82, 2.24) is 0 Å². The minimum Gasteiger partial charge on any atom is -0.495 e. The molecule has 1 aromatic carbocycles. The molecular formula is C9H10N2O3S. The zero-order valence-electron chi connectivity index (χ0n) is 8.31. The summed E-state index contributed by atoms with van der Waals surface area (Å²) >= 11 is 0. The third-order valence-electron chi connectivity index (χ3n) is 1.92. The Bertz CT molecular complexity index is 529. The monoisotopic (exact) mass is 226 g/mol. The molecule has 1 rings (SSSR count). The molecule has 15 heavy (non-hydrogen) atoms. The van der Waals surface area contributed by atoms with Crippen LogP contribution in [0, 0.1) is 18.3 Å². The molecule has 0 saturated heterocycles. The standard InChI is InChI=1S/C9H10N2O3S/c1-6-3-7(5-10)8(14-2)4-9(6)15(11,12)13/h3-4H,1-2H3,(H2,11,12,13). The average Bonchev–Trinajstić information content (AvgIpc) is 2.15. The molecule has 0 atom stereocenters. The van der Waals surface area contributed by atoms with Gasteiger partial charge in [0.1, 0.15) is 11.8 Å². The lowest BCUT2D eigenvalue weighted by molar-refractivity contribution is 0.412. The summed E-state index contributed by atoms with van der Waals surface area (Å²) in [6, 6.07) is 4.59. The van der Waals surface area contributed by atoms with Crippen molar-refractivity contribution < 1.29 is 13.2 Å². The van der Waals surface area contributed by atoms with E-state index in [9.17, 15) is 8.42 Å². The number of hydrogen-bond donors (Lipinski definition) is 1. The Balaban J connectivity index is 3.55. The van der Waals surface area contributed by atoms with Crippen molar-refractivity contribution in [1.29, 1.82) is 5.26 Å². The number of sulfonamides is 1. The van der Waals surface area contributed by atoms with Crippen molar-refractivity contribution in [3.05, 3.63) is 23.3 Å². The lowest BCUT2D eigenvalue weighted by Gasteiger charge is -2.07. The van der Waals surface area contributed by atoms with Crippen LogP contribution in [0.3, 0.4) is 0 Å². The highest BCUT2D eigenvalue weighted by molar-refractivity contribution is 7.89. The molecule has 5 nitrogen and oxygen atoms in total. The van der Waals surface area contributed by atoms with E-state index in [4.69, 9.17) is 15.1 Å². The van der Waals surface area contributed by atoms with Gasteiger partial charge < -0.3 is 4.74 Å². The van der Waals surface area contributed by atoms with Gasteiger partial charge in [0.25, 0.3) is 0 Å². The molecule has 0 aliphatic rings. The second kappa shape index (κ2) is 3.88. The topological polar surface area (TPSA) is 93.2 Å². The van der Waals surface area contributed by atoms with Gasteiger partial charge in [0, 0.05) is 6.07 Å². The highest BCUT2D eigenvalue weighted by atomic mass is 32.2. The van der Waals surface area contributed by atoms with E-state index in [1.165, 1.54) is 19.2 Å². The van der Waals surface area contributed by atoms with Gasteiger partial charge in [0.15, 0.2) is 0 Å². The van der Waals surface area contributed by atoms with Crippen LogP contribution >= 0.6 is 0 Å². The molecule has 0 fully saturated rings. The van der Waals surface area contributed by atoms with Crippen LogP contribution in [0.15, 0.2) is 17.0 Å². The van der Waals surface area contributed by atoms with Crippen molar-refractivity contribution in [2.75, 3.05) is 7.11 Å². The Hall–Kier alpha value is -1.58. The normalized spacial score (nSPS) is 10.8. The fourth-order valence-corrected chi connectivity index (χ4v) is 2.01. The summed E-state index contributed by atoms with van der Waals surface area (Å²) in [7, 11) is -2.42. The number of methoxy groups -OCH3 is 1. The first kappa shape index (κ1) is 11.5. The number of aryl methyl sites for hydroxylation is 1. The first-order valence-electron chi connectivity index (χ1n) is 4.01. The minimum absolute atomic E-state index is 0.0293. The minimum atomic E-state index is -3.78. The second-order valence-corrected chi connectivity index (χ2v) is 4.50. The number of ether oxygens (including phenoxy) is 1. The first-order chi connectivity index (χ1) is 6.90. The van der Waals surface area contributed by atoms with Gasteiger partial charge in [0.05, 0.1) is 17.6 Å². The summed E-state index contributed by atoms with van der Waals surface area (Å²) in [5, 5.41) is 13.8. The number of rotatable bonds is 2. The summed E-state index contributed by atoms with van der Waals surface area (Å²) < 4.78 is 27.2. The van der Waals surface area contributed by atoms with E-state index in [1.807, 2.05) is 6.07 Å². The van der Waals surface area contributed by atoms with Crippen molar-refractivity contribution >= 4 is 10.0 Å². The number of nitrogens with zero attached hydrogens (tertiary/aromatic N) is 1. The van der Waals surface area contributed by atoms with Gasteiger partial charge in [-0.15, -0.1) is 0 Å².